The Hall–Kier alpha value is -3.03. The Morgan fingerprint density at radius 1 is 1.12 bits per heavy atom. The molecular formula is C23H23Cl2N5O2. The van der Waals surface area contributed by atoms with Gasteiger partial charge in [0.2, 0.25) is 0 Å². The van der Waals surface area contributed by atoms with Crippen molar-refractivity contribution in [3.63, 3.8) is 0 Å². The van der Waals surface area contributed by atoms with Gasteiger partial charge in [-0.1, -0.05) is 56.1 Å². The molecule has 32 heavy (non-hydrogen) atoms. The number of anilines is 2. The zero-order chi connectivity index (χ0) is 23.0. The second-order valence-electron chi connectivity index (χ2n) is 8.60. The van der Waals surface area contributed by atoms with Gasteiger partial charge in [-0.2, -0.15) is 5.10 Å². The van der Waals surface area contributed by atoms with Gasteiger partial charge < -0.3 is 10.6 Å². The van der Waals surface area contributed by atoms with Gasteiger partial charge in [-0.15, -0.1) is 0 Å². The summed E-state index contributed by atoms with van der Waals surface area (Å²) in [6.45, 7) is 6.74. The number of fused-ring (bicyclic) bond motifs is 1. The fraction of sp³-hybridized carbons (Fsp3) is 0.261. The number of urea groups is 1. The predicted octanol–water partition coefficient (Wildman–Crippen LogP) is 5.41. The highest BCUT2D eigenvalue weighted by Gasteiger charge is 2.23. The van der Waals surface area contributed by atoms with Gasteiger partial charge in [0, 0.05) is 23.6 Å². The summed E-state index contributed by atoms with van der Waals surface area (Å²) in [6, 6.07) is 11.9. The molecule has 2 aromatic carbocycles. The summed E-state index contributed by atoms with van der Waals surface area (Å²) in [5, 5.41) is 13.7. The van der Waals surface area contributed by atoms with Gasteiger partial charge in [-0.25, -0.2) is 9.48 Å². The van der Waals surface area contributed by atoms with Gasteiger partial charge in [-0.05, 0) is 36.2 Å². The second-order valence-corrected chi connectivity index (χ2v) is 9.39. The monoisotopic (exact) mass is 471 g/mol. The van der Waals surface area contributed by atoms with Gasteiger partial charge >= 0.3 is 6.03 Å². The van der Waals surface area contributed by atoms with E-state index in [1.165, 1.54) is 0 Å². The minimum Gasteiger partial charge on any atom is -0.352 e. The topological polar surface area (TPSA) is 88.0 Å². The fourth-order valence-corrected chi connectivity index (χ4v) is 3.78. The molecule has 7 nitrogen and oxygen atoms in total. The number of nitrogens with zero attached hydrogens (tertiary/aromatic N) is 2. The zero-order valence-electron chi connectivity index (χ0n) is 17.9. The first-order chi connectivity index (χ1) is 15.1. The van der Waals surface area contributed by atoms with Crippen LogP contribution in [0, 0.1) is 0 Å². The van der Waals surface area contributed by atoms with Crippen molar-refractivity contribution < 1.29 is 9.59 Å². The number of hydrogen-bond donors (Lipinski definition) is 3. The van der Waals surface area contributed by atoms with Crippen molar-refractivity contribution in [3.05, 3.63) is 69.3 Å². The van der Waals surface area contributed by atoms with Crippen LogP contribution in [0.4, 0.5) is 16.3 Å². The van der Waals surface area contributed by atoms with Crippen molar-refractivity contribution in [2.24, 2.45) is 0 Å². The zero-order valence-corrected chi connectivity index (χ0v) is 19.4. The number of aromatic nitrogens is 2. The SMILES string of the molecule is CC(C)(C)c1cc(NC(=O)Nc2cccc(Cl)c2Cl)n(-c2ccc3c(c2)C(=O)NCC3)n1. The number of nitrogens with one attached hydrogen (secondary N) is 3. The molecular weight excluding hydrogens is 449 g/mol. The van der Waals surface area contributed by atoms with E-state index in [1.807, 2.05) is 39.0 Å². The summed E-state index contributed by atoms with van der Waals surface area (Å²) in [5.74, 6) is 0.348. The van der Waals surface area contributed by atoms with E-state index in [1.54, 1.807) is 28.9 Å². The minimum atomic E-state index is -0.494. The van der Waals surface area contributed by atoms with E-state index >= 15 is 0 Å². The number of amides is 3. The first kappa shape index (κ1) is 22.2. The highest BCUT2D eigenvalue weighted by Crippen LogP contribution is 2.31. The molecule has 0 unspecified atom stereocenters. The van der Waals surface area contributed by atoms with E-state index in [0.717, 1.165) is 17.7 Å². The first-order valence-electron chi connectivity index (χ1n) is 10.2. The summed E-state index contributed by atoms with van der Waals surface area (Å²) in [7, 11) is 0. The van der Waals surface area contributed by atoms with Gasteiger partial charge in [0.05, 0.1) is 27.1 Å². The van der Waals surface area contributed by atoms with Gasteiger partial charge in [-0.3, -0.25) is 10.1 Å². The lowest BCUT2D eigenvalue weighted by Gasteiger charge is -2.18. The molecule has 1 aromatic heterocycles. The normalized spacial score (nSPS) is 13.3. The second kappa shape index (κ2) is 8.48. The van der Waals surface area contributed by atoms with Crippen LogP contribution in [0.5, 0.6) is 0 Å². The molecule has 0 saturated carbocycles. The van der Waals surface area contributed by atoms with Gasteiger partial charge in [0.1, 0.15) is 5.82 Å². The number of hydrogen-bond acceptors (Lipinski definition) is 3. The molecule has 0 radical (unpaired) electrons. The number of benzene rings is 2. The number of carbonyl (C=O) groups is 2. The average molecular weight is 472 g/mol. The lowest BCUT2D eigenvalue weighted by Crippen LogP contribution is -2.31. The van der Waals surface area contributed by atoms with Crippen LogP contribution in [0.15, 0.2) is 42.5 Å². The smallest absolute Gasteiger partial charge is 0.324 e. The molecule has 0 spiro atoms. The molecule has 1 aliphatic rings. The summed E-state index contributed by atoms with van der Waals surface area (Å²) >= 11 is 12.2. The van der Waals surface area contributed by atoms with Crippen molar-refractivity contribution in [3.8, 4) is 5.69 Å². The van der Waals surface area contributed by atoms with E-state index in [-0.39, 0.29) is 16.3 Å². The van der Waals surface area contributed by atoms with Crippen LogP contribution in [0.1, 0.15) is 42.4 Å². The Morgan fingerprint density at radius 2 is 1.91 bits per heavy atom. The Balaban J connectivity index is 1.69. The third-order valence-corrected chi connectivity index (χ3v) is 6.00. The van der Waals surface area contributed by atoms with Crippen LogP contribution >= 0.6 is 23.2 Å². The fourth-order valence-electron chi connectivity index (χ4n) is 3.44. The summed E-state index contributed by atoms with van der Waals surface area (Å²) in [5.41, 5.74) is 3.21. The van der Waals surface area contributed by atoms with Crippen molar-refractivity contribution in [2.75, 3.05) is 17.2 Å². The van der Waals surface area contributed by atoms with Crippen molar-refractivity contribution in [1.82, 2.24) is 15.1 Å². The molecule has 0 fully saturated rings. The number of halogens is 2. The molecule has 9 heteroatoms. The molecule has 1 aliphatic heterocycles. The molecule has 0 aliphatic carbocycles. The molecule has 3 N–H and O–H groups in total. The van der Waals surface area contributed by atoms with Gasteiger partial charge in [0.25, 0.3) is 5.91 Å². The Kier molecular flexibility index (Phi) is 5.88. The number of rotatable bonds is 3. The van der Waals surface area contributed by atoms with Crippen LogP contribution < -0.4 is 16.0 Å². The Labute approximate surface area is 196 Å². The van der Waals surface area contributed by atoms with Crippen LogP contribution in [-0.4, -0.2) is 28.3 Å². The van der Waals surface area contributed by atoms with Crippen LogP contribution in [0.3, 0.4) is 0 Å². The molecule has 3 aromatic rings. The number of carbonyl (C=O) groups excluding carboxylic acids is 2. The molecule has 2 heterocycles. The van der Waals surface area contributed by atoms with Crippen molar-refractivity contribution >= 4 is 46.6 Å². The van der Waals surface area contributed by atoms with Crippen LogP contribution in [0.25, 0.3) is 5.69 Å². The highest BCUT2D eigenvalue weighted by atomic mass is 35.5. The summed E-state index contributed by atoms with van der Waals surface area (Å²) in [4.78, 5) is 25.1. The molecule has 0 bridgehead atoms. The lowest BCUT2D eigenvalue weighted by molar-refractivity contribution is 0.0946. The van der Waals surface area contributed by atoms with E-state index in [0.29, 0.717) is 34.3 Å². The van der Waals surface area contributed by atoms with Crippen LogP contribution in [0.2, 0.25) is 10.0 Å². The predicted molar refractivity (Wildman–Crippen MR) is 127 cm³/mol. The summed E-state index contributed by atoms with van der Waals surface area (Å²) in [6.07, 6.45) is 0.779. The Bertz CT molecular complexity index is 1210. The molecule has 166 valence electrons. The molecule has 4 rings (SSSR count). The quantitative estimate of drug-likeness (QED) is 0.477. The first-order valence-corrected chi connectivity index (χ1v) is 10.9. The molecule has 0 saturated heterocycles. The van der Waals surface area contributed by atoms with E-state index in [9.17, 15) is 9.59 Å². The maximum Gasteiger partial charge on any atom is 0.324 e. The third kappa shape index (κ3) is 4.45. The van der Waals surface area contributed by atoms with Crippen molar-refractivity contribution in [2.45, 2.75) is 32.6 Å². The largest absolute Gasteiger partial charge is 0.352 e. The van der Waals surface area contributed by atoms with Gasteiger partial charge in [0.15, 0.2) is 0 Å². The Morgan fingerprint density at radius 3 is 2.66 bits per heavy atom. The highest BCUT2D eigenvalue weighted by molar-refractivity contribution is 6.44. The van der Waals surface area contributed by atoms with Crippen molar-refractivity contribution in [1.29, 1.82) is 0 Å². The maximum atomic E-state index is 12.7. The van der Waals surface area contributed by atoms with Crippen LogP contribution in [-0.2, 0) is 11.8 Å². The summed E-state index contributed by atoms with van der Waals surface area (Å²) < 4.78 is 1.63. The van der Waals surface area contributed by atoms with E-state index < -0.39 is 6.03 Å². The molecule has 0 atom stereocenters. The maximum absolute atomic E-state index is 12.7. The standard InChI is InChI=1S/C23H23Cl2N5O2/c1-23(2,3)18-12-19(28-22(32)27-17-6-4-5-16(24)20(17)25)30(29-18)14-8-7-13-9-10-26-21(31)15(13)11-14/h4-8,11-12H,9-10H2,1-3H3,(H,26,31)(H2,27,28,32). The third-order valence-electron chi connectivity index (χ3n) is 5.18. The van der Waals surface area contributed by atoms with E-state index in [2.05, 4.69) is 16.0 Å². The van der Waals surface area contributed by atoms with E-state index in [4.69, 9.17) is 28.3 Å². The lowest BCUT2D eigenvalue weighted by atomic mass is 9.92. The minimum absolute atomic E-state index is 0.112. The average Bonchev–Trinajstić information content (AvgIpc) is 3.16. The molecule has 3 amide bonds.